The molecule has 18 heavy (non-hydrogen) atoms. The summed E-state index contributed by atoms with van der Waals surface area (Å²) in [4.78, 5) is 11.7. The number of carbonyl (C=O) groups excluding carboxylic acids is 1. The molecule has 0 radical (unpaired) electrons. The van der Waals surface area contributed by atoms with Crippen molar-refractivity contribution in [3.05, 3.63) is 35.4 Å². The summed E-state index contributed by atoms with van der Waals surface area (Å²) in [6.07, 6.45) is -4.46. The maximum absolute atomic E-state index is 12.8. The summed E-state index contributed by atoms with van der Waals surface area (Å²) in [5.74, 6) is -0.426. The van der Waals surface area contributed by atoms with Gasteiger partial charge in [0.1, 0.15) is 6.04 Å². The van der Waals surface area contributed by atoms with Crippen molar-refractivity contribution in [3.63, 3.8) is 0 Å². The zero-order valence-electron chi connectivity index (χ0n) is 9.71. The predicted octanol–water partition coefficient (Wildman–Crippen LogP) is 1.85. The van der Waals surface area contributed by atoms with Gasteiger partial charge in [0.15, 0.2) is 0 Å². The molecule has 1 aliphatic rings. The second-order valence-corrected chi connectivity index (χ2v) is 4.34. The van der Waals surface area contributed by atoms with Gasteiger partial charge in [-0.3, -0.25) is 4.79 Å². The Hall–Kier alpha value is -1.56. The van der Waals surface area contributed by atoms with Gasteiger partial charge in [-0.25, -0.2) is 0 Å². The highest BCUT2D eigenvalue weighted by molar-refractivity contribution is 5.84. The number of rotatable bonds is 1. The fourth-order valence-corrected chi connectivity index (χ4v) is 2.02. The van der Waals surface area contributed by atoms with Crippen LogP contribution in [0.25, 0.3) is 0 Å². The van der Waals surface area contributed by atoms with Crippen molar-refractivity contribution in [1.29, 1.82) is 0 Å². The Balaban J connectivity index is 2.37. The Morgan fingerprint density at radius 3 is 2.56 bits per heavy atom. The number of alkyl halides is 3. The topological polar surface area (TPSA) is 41.1 Å². The number of amides is 1. The normalized spacial score (nSPS) is 24.8. The summed E-state index contributed by atoms with van der Waals surface area (Å²) < 4.78 is 38.5. The van der Waals surface area contributed by atoms with Crippen LogP contribution >= 0.6 is 0 Å². The summed E-state index contributed by atoms with van der Waals surface area (Å²) in [6, 6.07) is 4.11. The van der Waals surface area contributed by atoms with E-state index in [0.717, 1.165) is 6.07 Å². The molecule has 98 valence electrons. The molecule has 1 saturated heterocycles. The molecule has 1 aromatic carbocycles. The van der Waals surface area contributed by atoms with Gasteiger partial charge in [-0.1, -0.05) is 18.2 Å². The van der Waals surface area contributed by atoms with Gasteiger partial charge < -0.3 is 10.6 Å². The first-order chi connectivity index (χ1) is 8.39. The van der Waals surface area contributed by atoms with Gasteiger partial charge in [-0.15, -0.1) is 0 Å². The number of piperazine rings is 1. The van der Waals surface area contributed by atoms with Crippen LogP contribution < -0.4 is 10.6 Å². The van der Waals surface area contributed by atoms with Crippen LogP contribution in [-0.2, 0) is 11.0 Å². The summed E-state index contributed by atoms with van der Waals surface area (Å²) >= 11 is 0. The van der Waals surface area contributed by atoms with E-state index >= 15 is 0 Å². The van der Waals surface area contributed by atoms with Crippen molar-refractivity contribution in [2.75, 3.05) is 6.54 Å². The molecule has 3 nitrogen and oxygen atoms in total. The van der Waals surface area contributed by atoms with Crippen LogP contribution in [0.2, 0.25) is 0 Å². The van der Waals surface area contributed by atoms with Gasteiger partial charge in [-0.2, -0.15) is 13.2 Å². The van der Waals surface area contributed by atoms with Gasteiger partial charge in [0.05, 0.1) is 5.56 Å². The molecule has 0 spiro atoms. The van der Waals surface area contributed by atoms with Gasteiger partial charge in [-0.05, 0) is 18.6 Å². The third-order valence-corrected chi connectivity index (χ3v) is 2.86. The Morgan fingerprint density at radius 1 is 1.28 bits per heavy atom. The molecule has 1 aliphatic heterocycles. The van der Waals surface area contributed by atoms with E-state index in [4.69, 9.17) is 0 Å². The molecule has 2 N–H and O–H groups in total. The SMILES string of the molecule is C[C@@H]1CN[C@H](c2ccccc2C(F)(F)F)C(=O)N1. The van der Waals surface area contributed by atoms with Gasteiger partial charge in [0.25, 0.3) is 0 Å². The third kappa shape index (κ3) is 2.48. The maximum Gasteiger partial charge on any atom is 0.416 e. The van der Waals surface area contributed by atoms with Crippen molar-refractivity contribution in [3.8, 4) is 0 Å². The number of hydrogen-bond donors (Lipinski definition) is 2. The maximum atomic E-state index is 12.8. The van der Waals surface area contributed by atoms with Crippen LogP contribution in [0.5, 0.6) is 0 Å². The largest absolute Gasteiger partial charge is 0.416 e. The zero-order chi connectivity index (χ0) is 13.3. The van der Waals surface area contributed by atoms with E-state index in [1.165, 1.54) is 18.2 Å². The molecule has 1 amide bonds. The van der Waals surface area contributed by atoms with Crippen molar-refractivity contribution < 1.29 is 18.0 Å². The lowest BCUT2D eigenvalue weighted by molar-refractivity contribution is -0.139. The molecule has 2 rings (SSSR count). The molecule has 2 atom stereocenters. The predicted molar refractivity (Wildman–Crippen MR) is 59.8 cm³/mol. The zero-order valence-corrected chi connectivity index (χ0v) is 9.71. The first-order valence-corrected chi connectivity index (χ1v) is 5.59. The Labute approximate surface area is 102 Å². The summed E-state index contributed by atoms with van der Waals surface area (Å²) in [5, 5.41) is 5.47. The monoisotopic (exact) mass is 258 g/mol. The van der Waals surface area contributed by atoms with Crippen molar-refractivity contribution in [2.45, 2.75) is 25.2 Å². The van der Waals surface area contributed by atoms with Gasteiger partial charge in [0.2, 0.25) is 5.91 Å². The van der Waals surface area contributed by atoms with E-state index in [2.05, 4.69) is 10.6 Å². The van der Waals surface area contributed by atoms with E-state index in [-0.39, 0.29) is 11.6 Å². The van der Waals surface area contributed by atoms with Gasteiger partial charge >= 0.3 is 6.18 Å². The molecule has 6 heteroatoms. The minimum Gasteiger partial charge on any atom is -0.351 e. The lowest BCUT2D eigenvalue weighted by atomic mass is 9.97. The number of carbonyl (C=O) groups is 1. The number of halogens is 3. The average molecular weight is 258 g/mol. The van der Waals surface area contributed by atoms with Crippen LogP contribution in [0.1, 0.15) is 24.1 Å². The van der Waals surface area contributed by atoms with E-state index in [1.807, 2.05) is 0 Å². The van der Waals surface area contributed by atoms with E-state index < -0.39 is 23.7 Å². The van der Waals surface area contributed by atoms with Crippen molar-refractivity contribution in [2.24, 2.45) is 0 Å². The molecule has 1 heterocycles. The molecule has 0 bridgehead atoms. The molecule has 1 fully saturated rings. The summed E-state index contributed by atoms with van der Waals surface area (Å²) in [5.41, 5.74) is -0.804. The first-order valence-electron chi connectivity index (χ1n) is 5.59. The van der Waals surface area contributed by atoms with Crippen LogP contribution in [0.4, 0.5) is 13.2 Å². The molecule has 0 aromatic heterocycles. The van der Waals surface area contributed by atoms with Crippen molar-refractivity contribution in [1.82, 2.24) is 10.6 Å². The van der Waals surface area contributed by atoms with E-state index in [1.54, 1.807) is 6.92 Å². The molecular formula is C12H13F3N2O. The smallest absolute Gasteiger partial charge is 0.351 e. The number of nitrogens with one attached hydrogen (secondary N) is 2. The lowest BCUT2D eigenvalue weighted by Gasteiger charge is -2.29. The fourth-order valence-electron chi connectivity index (χ4n) is 2.02. The summed E-state index contributed by atoms with van der Waals surface area (Å²) in [7, 11) is 0. The van der Waals surface area contributed by atoms with Gasteiger partial charge in [0, 0.05) is 12.6 Å². The highest BCUT2D eigenvalue weighted by Gasteiger charge is 2.37. The molecule has 0 unspecified atom stereocenters. The molecule has 0 aliphatic carbocycles. The fraction of sp³-hybridized carbons (Fsp3) is 0.417. The van der Waals surface area contributed by atoms with Crippen LogP contribution in [0.15, 0.2) is 24.3 Å². The van der Waals surface area contributed by atoms with Crippen LogP contribution in [-0.4, -0.2) is 18.5 Å². The highest BCUT2D eigenvalue weighted by Crippen LogP contribution is 2.34. The Morgan fingerprint density at radius 2 is 1.94 bits per heavy atom. The summed E-state index contributed by atoms with van der Waals surface area (Å²) in [6.45, 7) is 2.24. The quantitative estimate of drug-likeness (QED) is 0.807. The van der Waals surface area contributed by atoms with Crippen LogP contribution in [0, 0.1) is 0 Å². The third-order valence-electron chi connectivity index (χ3n) is 2.86. The first kappa shape index (κ1) is 12.9. The standard InChI is InChI=1S/C12H13F3N2O/c1-7-6-16-10(11(18)17-7)8-4-2-3-5-9(8)12(13,14)15/h2-5,7,10,16H,6H2,1H3,(H,17,18)/t7-,10-/m1/s1. The number of hydrogen-bond acceptors (Lipinski definition) is 2. The minimum atomic E-state index is -4.46. The molecular weight excluding hydrogens is 245 g/mol. The second-order valence-electron chi connectivity index (χ2n) is 4.34. The van der Waals surface area contributed by atoms with Crippen LogP contribution in [0.3, 0.4) is 0 Å². The molecule has 1 aromatic rings. The second kappa shape index (κ2) is 4.61. The van der Waals surface area contributed by atoms with E-state index in [0.29, 0.717) is 6.54 Å². The number of benzene rings is 1. The lowest BCUT2D eigenvalue weighted by Crippen LogP contribution is -2.52. The molecule has 0 saturated carbocycles. The Kier molecular flexibility index (Phi) is 3.30. The highest BCUT2D eigenvalue weighted by atomic mass is 19.4. The Bertz CT molecular complexity index is 459. The van der Waals surface area contributed by atoms with Crippen molar-refractivity contribution >= 4 is 5.91 Å². The average Bonchev–Trinajstić information content (AvgIpc) is 2.28. The minimum absolute atomic E-state index is 0.0330. The van der Waals surface area contributed by atoms with E-state index in [9.17, 15) is 18.0 Å².